The second-order valence-electron chi connectivity index (χ2n) is 8.36. The minimum absolute atomic E-state index is 0.0330. The molecule has 0 spiro atoms. The minimum Gasteiger partial charge on any atom is -0.483 e. The zero-order chi connectivity index (χ0) is 21.1. The van der Waals surface area contributed by atoms with Crippen LogP contribution >= 0.6 is 11.3 Å². The molecule has 30 heavy (non-hydrogen) atoms. The van der Waals surface area contributed by atoms with Gasteiger partial charge in [-0.15, -0.1) is 0 Å². The molecule has 4 heterocycles. The van der Waals surface area contributed by atoms with E-state index in [4.69, 9.17) is 9.90 Å². The highest BCUT2D eigenvalue weighted by Gasteiger charge is 2.45. The monoisotopic (exact) mass is 432 g/mol. The quantitative estimate of drug-likeness (QED) is 0.641. The normalized spacial score (nSPS) is 28.6. The Morgan fingerprint density at radius 1 is 1.23 bits per heavy atom. The van der Waals surface area contributed by atoms with Crippen molar-refractivity contribution in [3.63, 3.8) is 0 Å². The van der Waals surface area contributed by atoms with Crippen LogP contribution in [-0.4, -0.2) is 80.9 Å². The first-order valence-electron chi connectivity index (χ1n) is 10.5. The lowest BCUT2D eigenvalue weighted by molar-refractivity contribution is -0.122. The molecule has 1 amide bonds. The van der Waals surface area contributed by atoms with Crippen LogP contribution in [0.2, 0.25) is 0 Å². The first-order valence-corrected chi connectivity index (χ1v) is 11.4. The molecule has 1 saturated carbocycles. The maximum atomic E-state index is 13.0. The lowest BCUT2D eigenvalue weighted by Gasteiger charge is -2.40. The standard InChI is InChI=1S/C20H26N4O2S.CH2O2/c25-19-8-15-11-24(10-14(15)7-18(19)23-4-1-2-5-23)20(26)17-9-16(21-22-17)13-3-6-27-12-13;2-1-3/h3,6,9,12,14-15,18-19,25H,1-2,4-5,7-8,10-11H2,(H,21,22);1H,(H,2,3)/t14-,15+,18-,19-;/m1./s1. The summed E-state index contributed by atoms with van der Waals surface area (Å²) in [7, 11) is 0. The molecule has 2 saturated heterocycles. The lowest BCUT2D eigenvalue weighted by Crippen LogP contribution is -2.48. The maximum absolute atomic E-state index is 13.0. The van der Waals surface area contributed by atoms with Gasteiger partial charge < -0.3 is 15.1 Å². The molecule has 4 atom stereocenters. The lowest BCUT2D eigenvalue weighted by atomic mass is 9.77. The number of nitrogens with zero attached hydrogens (tertiary/aromatic N) is 3. The summed E-state index contributed by atoms with van der Waals surface area (Å²) in [5.74, 6) is 0.954. The van der Waals surface area contributed by atoms with Gasteiger partial charge in [0.15, 0.2) is 0 Å². The number of H-pyrrole nitrogens is 1. The molecule has 9 heteroatoms. The summed E-state index contributed by atoms with van der Waals surface area (Å²) in [6.07, 6.45) is 4.07. The van der Waals surface area contributed by atoms with Gasteiger partial charge in [0, 0.05) is 30.1 Å². The number of aromatic nitrogens is 2. The summed E-state index contributed by atoms with van der Waals surface area (Å²) < 4.78 is 0. The van der Waals surface area contributed by atoms with Gasteiger partial charge in [-0.05, 0) is 68.1 Å². The summed E-state index contributed by atoms with van der Waals surface area (Å²) in [6, 6.07) is 4.15. The van der Waals surface area contributed by atoms with E-state index >= 15 is 0 Å². The van der Waals surface area contributed by atoms with Crippen LogP contribution in [0.15, 0.2) is 22.9 Å². The number of thiophene rings is 1. The number of carboxylic acid groups (broad SMARTS) is 1. The third-order valence-electron chi connectivity index (χ3n) is 6.63. The molecule has 3 aliphatic rings. The van der Waals surface area contributed by atoms with E-state index in [0.29, 0.717) is 17.5 Å². The molecule has 2 aliphatic heterocycles. The van der Waals surface area contributed by atoms with Crippen LogP contribution in [0.5, 0.6) is 0 Å². The van der Waals surface area contributed by atoms with Crippen LogP contribution in [0, 0.1) is 11.8 Å². The number of aliphatic hydroxyl groups is 1. The molecule has 0 radical (unpaired) electrons. The maximum Gasteiger partial charge on any atom is 0.290 e. The van der Waals surface area contributed by atoms with Crippen molar-refractivity contribution in [2.24, 2.45) is 11.8 Å². The summed E-state index contributed by atoms with van der Waals surface area (Å²) in [5.41, 5.74) is 2.43. The van der Waals surface area contributed by atoms with Gasteiger partial charge in [0.2, 0.25) is 0 Å². The topological polar surface area (TPSA) is 110 Å². The number of nitrogens with one attached hydrogen (secondary N) is 1. The van der Waals surface area contributed by atoms with Crippen LogP contribution in [0.4, 0.5) is 0 Å². The number of hydrogen-bond acceptors (Lipinski definition) is 6. The SMILES string of the molecule is O=C(c1cc(-c2ccsc2)n[nH]1)N1C[C@H]2C[C@@H](N3CCCC3)[C@H](O)C[C@H]2C1.O=CO. The van der Waals surface area contributed by atoms with E-state index < -0.39 is 0 Å². The second kappa shape index (κ2) is 9.28. The third-order valence-corrected chi connectivity index (χ3v) is 7.31. The van der Waals surface area contributed by atoms with Gasteiger partial charge in [0.25, 0.3) is 12.4 Å². The average Bonchev–Trinajstić information content (AvgIpc) is 3.54. The zero-order valence-electron chi connectivity index (χ0n) is 16.8. The first-order chi connectivity index (χ1) is 14.6. The molecule has 162 valence electrons. The molecular formula is C21H28N4O4S. The number of hydrogen-bond donors (Lipinski definition) is 3. The number of aliphatic hydroxyl groups excluding tert-OH is 1. The highest BCUT2D eigenvalue weighted by atomic mass is 32.1. The number of carbonyl (C=O) groups is 2. The Bertz CT molecular complexity index is 849. The van der Waals surface area contributed by atoms with Gasteiger partial charge >= 0.3 is 0 Å². The number of likely N-dealkylation sites (tertiary alicyclic amines) is 2. The Hall–Kier alpha value is -2.23. The van der Waals surface area contributed by atoms with Crippen LogP contribution < -0.4 is 0 Å². The Balaban J connectivity index is 0.000000687. The van der Waals surface area contributed by atoms with Crippen LogP contribution in [0.1, 0.15) is 36.2 Å². The van der Waals surface area contributed by atoms with Crippen molar-refractivity contribution < 1.29 is 19.8 Å². The number of rotatable bonds is 3. The number of fused-ring (bicyclic) bond motifs is 1. The molecule has 2 aromatic heterocycles. The minimum atomic E-state index is -0.253. The average molecular weight is 433 g/mol. The molecule has 1 aliphatic carbocycles. The van der Waals surface area contributed by atoms with Gasteiger partial charge in [-0.3, -0.25) is 19.6 Å². The van der Waals surface area contributed by atoms with E-state index in [1.807, 2.05) is 27.8 Å². The molecule has 8 nitrogen and oxygen atoms in total. The molecule has 0 aromatic carbocycles. The summed E-state index contributed by atoms with van der Waals surface area (Å²) in [5, 5.41) is 28.8. The fourth-order valence-electron chi connectivity index (χ4n) is 5.20. The van der Waals surface area contributed by atoms with E-state index in [-0.39, 0.29) is 24.5 Å². The fourth-order valence-corrected chi connectivity index (χ4v) is 5.85. The first kappa shape index (κ1) is 21.0. The van der Waals surface area contributed by atoms with Crippen LogP contribution in [-0.2, 0) is 4.79 Å². The van der Waals surface area contributed by atoms with Crippen molar-refractivity contribution in [1.29, 1.82) is 0 Å². The highest BCUT2D eigenvalue weighted by molar-refractivity contribution is 7.08. The molecule has 0 unspecified atom stereocenters. The van der Waals surface area contributed by atoms with E-state index in [9.17, 15) is 9.90 Å². The van der Waals surface area contributed by atoms with E-state index in [1.165, 1.54) is 12.8 Å². The third kappa shape index (κ3) is 4.28. The molecule has 5 rings (SSSR count). The number of carbonyl (C=O) groups excluding carboxylic acids is 1. The highest BCUT2D eigenvalue weighted by Crippen LogP contribution is 2.39. The van der Waals surface area contributed by atoms with Gasteiger partial charge in [-0.25, -0.2) is 0 Å². The second-order valence-corrected chi connectivity index (χ2v) is 9.14. The van der Waals surface area contributed by atoms with Gasteiger partial charge in [0.05, 0.1) is 11.8 Å². The number of aromatic amines is 1. The van der Waals surface area contributed by atoms with Crippen LogP contribution in [0.25, 0.3) is 11.3 Å². The number of amides is 1. The van der Waals surface area contributed by atoms with Gasteiger partial charge in [-0.2, -0.15) is 16.4 Å². The Morgan fingerprint density at radius 3 is 2.60 bits per heavy atom. The fraction of sp³-hybridized carbons (Fsp3) is 0.571. The molecule has 0 bridgehead atoms. The summed E-state index contributed by atoms with van der Waals surface area (Å²) in [6.45, 7) is 3.52. The Labute approximate surface area is 179 Å². The molecule has 3 N–H and O–H groups in total. The van der Waals surface area contributed by atoms with Gasteiger partial charge in [0.1, 0.15) is 5.69 Å². The smallest absolute Gasteiger partial charge is 0.290 e. The van der Waals surface area contributed by atoms with Crippen molar-refractivity contribution in [1.82, 2.24) is 20.0 Å². The predicted octanol–water partition coefficient (Wildman–Crippen LogP) is 2.15. The Morgan fingerprint density at radius 2 is 1.93 bits per heavy atom. The predicted molar refractivity (Wildman–Crippen MR) is 113 cm³/mol. The van der Waals surface area contributed by atoms with Crippen molar-refractivity contribution in [2.45, 2.75) is 37.8 Å². The van der Waals surface area contributed by atoms with E-state index in [2.05, 4.69) is 15.1 Å². The largest absolute Gasteiger partial charge is 0.483 e. The summed E-state index contributed by atoms with van der Waals surface area (Å²) >= 11 is 1.62. The van der Waals surface area contributed by atoms with Gasteiger partial charge in [-0.1, -0.05) is 0 Å². The molecule has 3 fully saturated rings. The van der Waals surface area contributed by atoms with E-state index in [1.54, 1.807) is 11.3 Å². The van der Waals surface area contributed by atoms with Crippen molar-refractivity contribution >= 4 is 23.7 Å². The zero-order valence-corrected chi connectivity index (χ0v) is 17.6. The van der Waals surface area contributed by atoms with Crippen molar-refractivity contribution in [3.8, 4) is 11.3 Å². The molecular weight excluding hydrogens is 404 g/mol. The summed E-state index contributed by atoms with van der Waals surface area (Å²) in [4.78, 5) is 25.8. The van der Waals surface area contributed by atoms with Crippen LogP contribution in [0.3, 0.4) is 0 Å². The Kier molecular flexibility index (Phi) is 6.50. The van der Waals surface area contributed by atoms with Crippen molar-refractivity contribution in [3.05, 3.63) is 28.6 Å². The molecule has 2 aromatic rings. The van der Waals surface area contributed by atoms with Crippen molar-refractivity contribution in [2.75, 3.05) is 26.2 Å². The van der Waals surface area contributed by atoms with E-state index in [0.717, 1.165) is 50.3 Å².